The SMILES string of the molecule is O=C1NCc2cc(C#CCCCO)ccc21. The van der Waals surface area contributed by atoms with E-state index < -0.39 is 0 Å². The van der Waals surface area contributed by atoms with Gasteiger partial charge in [0.1, 0.15) is 0 Å². The fourth-order valence-electron chi connectivity index (χ4n) is 1.64. The third-order valence-electron chi connectivity index (χ3n) is 2.48. The lowest BCUT2D eigenvalue weighted by atomic mass is 10.1. The van der Waals surface area contributed by atoms with Crippen LogP contribution in [0, 0.1) is 11.8 Å². The molecule has 2 N–H and O–H groups in total. The number of unbranched alkanes of at least 4 members (excludes halogenated alkanes) is 1. The van der Waals surface area contributed by atoms with Gasteiger partial charge in [-0.1, -0.05) is 11.8 Å². The van der Waals surface area contributed by atoms with Crippen LogP contribution in [0.25, 0.3) is 0 Å². The third-order valence-corrected chi connectivity index (χ3v) is 2.48. The van der Waals surface area contributed by atoms with Crippen molar-refractivity contribution >= 4 is 5.91 Å². The molecule has 0 atom stereocenters. The lowest BCUT2D eigenvalue weighted by Crippen LogP contribution is -2.12. The fraction of sp³-hybridized carbons (Fsp3) is 0.308. The molecule has 1 amide bonds. The smallest absolute Gasteiger partial charge is 0.251 e. The summed E-state index contributed by atoms with van der Waals surface area (Å²) in [4.78, 5) is 11.3. The number of amides is 1. The molecule has 1 heterocycles. The number of carbonyl (C=O) groups excluding carboxylic acids is 1. The summed E-state index contributed by atoms with van der Waals surface area (Å²) in [7, 11) is 0. The average Bonchev–Trinajstić information content (AvgIpc) is 2.66. The van der Waals surface area contributed by atoms with Crippen molar-refractivity contribution < 1.29 is 9.90 Å². The topological polar surface area (TPSA) is 49.3 Å². The van der Waals surface area contributed by atoms with Crippen LogP contribution in [-0.4, -0.2) is 17.6 Å². The van der Waals surface area contributed by atoms with Gasteiger partial charge in [-0.25, -0.2) is 0 Å². The molecule has 1 aliphatic rings. The van der Waals surface area contributed by atoms with Gasteiger partial charge in [-0.2, -0.15) is 0 Å². The van der Waals surface area contributed by atoms with Crippen molar-refractivity contribution in [3.63, 3.8) is 0 Å². The quantitative estimate of drug-likeness (QED) is 0.572. The van der Waals surface area contributed by atoms with Crippen LogP contribution in [0.3, 0.4) is 0 Å². The van der Waals surface area contributed by atoms with Gasteiger partial charge in [0.2, 0.25) is 0 Å². The van der Waals surface area contributed by atoms with Crippen molar-refractivity contribution in [3.05, 3.63) is 34.9 Å². The molecule has 2 rings (SSSR count). The van der Waals surface area contributed by atoms with Gasteiger partial charge in [0.05, 0.1) is 0 Å². The Balaban J connectivity index is 2.12. The van der Waals surface area contributed by atoms with Crippen molar-refractivity contribution in [2.45, 2.75) is 19.4 Å². The Morgan fingerprint density at radius 3 is 3.12 bits per heavy atom. The van der Waals surface area contributed by atoms with Crippen LogP contribution >= 0.6 is 0 Å². The first kappa shape index (κ1) is 10.7. The molecule has 0 fully saturated rings. The molecule has 0 bridgehead atoms. The molecule has 0 saturated heterocycles. The maximum absolute atomic E-state index is 11.3. The first-order valence-corrected chi connectivity index (χ1v) is 5.32. The Morgan fingerprint density at radius 1 is 1.44 bits per heavy atom. The normalized spacial score (nSPS) is 12.7. The minimum atomic E-state index is -0.00482. The second kappa shape index (κ2) is 4.82. The molecule has 0 aromatic heterocycles. The molecule has 1 aromatic carbocycles. The van der Waals surface area contributed by atoms with Crippen molar-refractivity contribution in [1.82, 2.24) is 5.32 Å². The Morgan fingerprint density at radius 2 is 2.31 bits per heavy atom. The van der Waals surface area contributed by atoms with E-state index in [4.69, 9.17) is 5.11 Å². The number of fused-ring (bicyclic) bond motifs is 1. The van der Waals surface area contributed by atoms with Crippen LogP contribution in [0.15, 0.2) is 18.2 Å². The molecule has 0 radical (unpaired) electrons. The van der Waals surface area contributed by atoms with Crippen molar-refractivity contribution in [2.24, 2.45) is 0 Å². The van der Waals surface area contributed by atoms with E-state index in [1.165, 1.54) is 0 Å². The van der Waals surface area contributed by atoms with E-state index in [0.717, 1.165) is 16.7 Å². The molecule has 1 aromatic rings. The molecule has 0 spiro atoms. The summed E-state index contributed by atoms with van der Waals surface area (Å²) in [5.41, 5.74) is 2.69. The van der Waals surface area contributed by atoms with Gasteiger partial charge in [0.25, 0.3) is 5.91 Å². The van der Waals surface area contributed by atoms with E-state index in [1.54, 1.807) is 0 Å². The molecule has 3 heteroatoms. The molecule has 1 aliphatic heterocycles. The van der Waals surface area contributed by atoms with Gasteiger partial charge >= 0.3 is 0 Å². The van der Waals surface area contributed by atoms with Gasteiger partial charge < -0.3 is 10.4 Å². The number of nitrogens with one attached hydrogen (secondary N) is 1. The maximum Gasteiger partial charge on any atom is 0.251 e. The monoisotopic (exact) mass is 215 g/mol. The van der Waals surface area contributed by atoms with Gasteiger partial charge in [-0.15, -0.1) is 0 Å². The predicted molar refractivity (Wildman–Crippen MR) is 60.8 cm³/mol. The largest absolute Gasteiger partial charge is 0.396 e. The number of rotatable bonds is 2. The number of hydrogen-bond acceptors (Lipinski definition) is 2. The summed E-state index contributed by atoms with van der Waals surface area (Å²) >= 11 is 0. The van der Waals surface area contributed by atoms with E-state index in [0.29, 0.717) is 19.4 Å². The molecule has 0 unspecified atom stereocenters. The molecule has 3 nitrogen and oxygen atoms in total. The Bertz CT molecular complexity index is 469. The van der Waals surface area contributed by atoms with Gasteiger partial charge in [0.15, 0.2) is 0 Å². The summed E-state index contributed by atoms with van der Waals surface area (Å²) < 4.78 is 0. The van der Waals surface area contributed by atoms with Gasteiger partial charge in [0, 0.05) is 30.7 Å². The Labute approximate surface area is 94.5 Å². The predicted octanol–water partition coefficient (Wildman–Crippen LogP) is 1.05. The zero-order chi connectivity index (χ0) is 11.4. The number of carbonyl (C=O) groups is 1. The minimum absolute atomic E-state index is 0.00482. The number of hydrogen-bond donors (Lipinski definition) is 2. The van der Waals surface area contributed by atoms with Crippen LogP contribution < -0.4 is 5.32 Å². The molecule has 0 aliphatic carbocycles. The molecule has 16 heavy (non-hydrogen) atoms. The van der Waals surface area contributed by atoms with Crippen LogP contribution in [0.4, 0.5) is 0 Å². The number of aliphatic hydroxyl groups is 1. The van der Waals surface area contributed by atoms with E-state index >= 15 is 0 Å². The first-order chi connectivity index (χ1) is 7.81. The highest BCUT2D eigenvalue weighted by atomic mass is 16.2. The lowest BCUT2D eigenvalue weighted by molar-refractivity contribution is 0.0966. The van der Waals surface area contributed by atoms with Crippen molar-refractivity contribution in [2.75, 3.05) is 6.61 Å². The van der Waals surface area contributed by atoms with E-state index in [-0.39, 0.29) is 12.5 Å². The van der Waals surface area contributed by atoms with Gasteiger partial charge in [-0.05, 0) is 30.2 Å². The summed E-state index contributed by atoms with van der Waals surface area (Å²) in [6.07, 6.45) is 1.41. The molecule has 0 saturated carbocycles. The van der Waals surface area contributed by atoms with Gasteiger partial charge in [-0.3, -0.25) is 4.79 Å². The van der Waals surface area contributed by atoms with Crippen molar-refractivity contribution in [3.8, 4) is 11.8 Å². The summed E-state index contributed by atoms with van der Waals surface area (Å²) in [5.74, 6) is 6.01. The zero-order valence-electron chi connectivity index (χ0n) is 8.92. The molecular formula is C13H13NO2. The number of aliphatic hydroxyl groups excluding tert-OH is 1. The summed E-state index contributed by atoms with van der Waals surface area (Å²) in [6.45, 7) is 0.775. The minimum Gasteiger partial charge on any atom is -0.396 e. The Kier molecular flexibility index (Phi) is 3.23. The Hall–Kier alpha value is -1.79. The summed E-state index contributed by atoms with van der Waals surface area (Å²) in [6, 6.07) is 5.61. The van der Waals surface area contributed by atoms with Crippen LogP contribution in [0.1, 0.15) is 34.3 Å². The zero-order valence-corrected chi connectivity index (χ0v) is 8.92. The second-order valence-corrected chi connectivity index (χ2v) is 3.68. The third kappa shape index (κ3) is 2.23. The fourth-order valence-corrected chi connectivity index (χ4v) is 1.64. The van der Waals surface area contributed by atoms with Crippen molar-refractivity contribution in [1.29, 1.82) is 0 Å². The highest BCUT2D eigenvalue weighted by Crippen LogP contribution is 2.16. The van der Waals surface area contributed by atoms with Crippen LogP contribution in [0.5, 0.6) is 0 Å². The highest BCUT2D eigenvalue weighted by Gasteiger charge is 2.17. The number of benzene rings is 1. The van der Waals surface area contributed by atoms with E-state index in [2.05, 4.69) is 17.2 Å². The standard InChI is InChI=1S/C13H13NO2/c15-7-3-1-2-4-10-5-6-12-11(8-10)9-14-13(12)16/h5-6,8,15H,1,3,7,9H2,(H,14,16). The maximum atomic E-state index is 11.3. The van der Waals surface area contributed by atoms with Crippen LogP contribution in [-0.2, 0) is 6.54 Å². The van der Waals surface area contributed by atoms with E-state index in [9.17, 15) is 4.79 Å². The van der Waals surface area contributed by atoms with Crippen LogP contribution in [0.2, 0.25) is 0 Å². The average molecular weight is 215 g/mol. The molecular weight excluding hydrogens is 202 g/mol. The lowest BCUT2D eigenvalue weighted by Gasteiger charge is -1.95. The van der Waals surface area contributed by atoms with E-state index in [1.807, 2.05) is 18.2 Å². The highest BCUT2D eigenvalue weighted by molar-refractivity contribution is 5.98. The molecule has 82 valence electrons. The second-order valence-electron chi connectivity index (χ2n) is 3.68. The summed E-state index contributed by atoms with van der Waals surface area (Å²) in [5, 5.41) is 11.4. The first-order valence-electron chi connectivity index (χ1n) is 5.32.